The molecule has 7 heteroatoms. The Hall–Kier alpha value is 0.0700. The summed E-state index contributed by atoms with van der Waals surface area (Å²) < 4.78 is 21.8. The topological polar surface area (TPSA) is 72.8 Å². The first-order chi connectivity index (χ1) is 7.37. The van der Waals surface area contributed by atoms with E-state index < -0.39 is 24.6 Å². The molecule has 0 rings (SSSR count). The van der Waals surface area contributed by atoms with Gasteiger partial charge in [0, 0.05) is 6.42 Å². The lowest BCUT2D eigenvalue weighted by atomic mass is 10.2. The molecule has 16 heavy (non-hydrogen) atoms. The summed E-state index contributed by atoms with van der Waals surface area (Å²) in [5.74, 6) is -1.85. The van der Waals surface area contributed by atoms with Gasteiger partial charge in [0.1, 0.15) is 0 Å². The first kappa shape index (κ1) is 16.1. The normalized spacial score (nSPS) is 15.8. The molecular weight excluding hydrogens is 255 g/mol. The van der Waals surface area contributed by atoms with Gasteiger partial charge < -0.3 is 14.2 Å². The predicted octanol–water partition coefficient (Wildman–Crippen LogP) is 2.16. The number of rotatable bonds is 8. The van der Waals surface area contributed by atoms with Crippen molar-refractivity contribution >= 4 is 25.0 Å². The summed E-state index contributed by atoms with van der Waals surface area (Å²) >= 11 is 5.54. The zero-order valence-electron chi connectivity index (χ0n) is 9.68. The van der Waals surface area contributed by atoms with Crippen molar-refractivity contribution in [3.8, 4) is 0 Å². The second-order valence-corrected chi connectivity index (χ2v) is 5.99. The Morgan fingerprint density at radius 2 is 1.81 bits per heavy atom. The molecule has 0 aromatic rings. The number of aliphatic hydroxyl groups is 1. The van der Waals surface area contributed by atoms with Crippen molar-refractivity contribution < 1.29 is 23.5 Å². The van der Waals surface area contributed by atoms with Crippen molar-refractivity contribution in [2.45, 2.75) is 38.4 Å². The van der Waals surface area contributed by atoms with E-state index >= 15 is 0 Å². The number of alkyl halides is 1. The van der Waals surface area contributed by atoms with E-state index in [0.717, 1.165) is 0 Å². The van der Waals surface area contributed by atoms with Gasteiger partial charge in [0.15, 0.2) is 11.6 Å². The van der Waals surface area contributed by atoms with Crippen LogP contribution in [0, 0.1) is 0 Å². The molecule has 0 aromatic heterocycles. The van der Waals surface area contributed by atoms with E-state index in [0.29, 0.717) is 0 Å². The summed E-state index contributed by atoms with van der Waals surface area (Å²) in [4.78, 5) is 11.3. The maximum Gasteiger partial charge on any atom is 0.359 e. The smallest absolute Gasteiger partial charge is 0.359 e. The van der Waals surface area contributed by atoms with Gasteiger partial charge >= 0.3 is 7.60 Å². The third-order valence-electron chi connectivity index (χ3n) is 1.81. The van der Waals surface area contributed by atoms with Gasteiger partial charge in [-0.3, -0.25) is 9.36 Å². The molecule has 96 valence electrons. The number of Topliss-reactive ketones (excluding diaryl/α,β-unsaturated/α-hetero) is 1. The SMILES string of the molecule is CCOP(=O)(OCC)[C@H](O)CC(=O)C(C)Cl. The number of aliphatic hydroxyl groups excluding tert-OH is 1. The molecule has 0 aromatic carbocycles. The Balaban J connectivity index is 4.56. The van der Waals surface area contributed by atoms with Crippen LogP contribution in [0.3, 0.4) is 0 Å². The third kappa shape index (κ3) is 4.93. The van der Waals surface area contributed by atoms with Gasteiger partial charge in [0.2, 0.25) is 0 Å². The average Bonchev–Trinajstić information content (AvgIpc) is 2.18. The minimum absolute atomic E-state index is 0.138. The van der Waals surface area contributed by atoms with E-state index in [2.05, 4.69) is 0 Å². The summed E-state index contributed by atoms with van der Waals surface area (Å²) in [7, 11) is -3.63. The lowest BCUT2D eigenvalue weighted by molar-refractivity contribution is -0.119. The number of ketones is 1. The Kier molecular flexibility index (Phi) is 7.44. The number of hydrogen-bond donors (Lipinski definition) is 1. The predicted molar refractivity (Wildman–Crippen MR) is 61.8 cm³/mol. The van der Waals surface area contributed by atoms with E-state index in [1.807, 2.05) is 0 Å². The van der Waals surface area contributed by atoms with Crippen LogP contribution < -0.4 is 0 Å². The highest BCUT2D eigenvalue weighted by Gasteiger charge is 2.36. The molecule has 0 amide bonds. The molecule has 2 atom stereocenters. The molecule has 0 aliphatic rings. The fourth-order valence-electron chi connectivity index (χ4n) is 1.02. The van der Waals surface area contributed by atoms with Gasteiger partial charge in [-0.1, -0.05) is 0 Å². The first-order valence-electron chi connectivity index (χ1n) is 5.11. The van der Waals surface area contributed by atoms with Gasteiger partial charge in [-0.15, -0.1) is 11.6 Å². The second-order valence-electron chi connectivity index (χ2n) is 3.14. The number of halogens is 1. The van der Waals surface area contributed by atoms with E-state index in [-0.39, 0.29) is 19.6 Å². The molecule has 0 bridgehead atoms. The molecule has 0 radical (unpaired) electrons. The molecule has 0 heterocycles. The van der Waals surface area contributed by atoms with E-state index in [1.54, 1.807) is 13.8 Å². The van der Waals surface area contributed by atoms with Gasteiger partial charge in [-0.25, -0.2) is 0 Å². The minimum Gasteiger partial charge on any atom is -0.380 e. The van der Waals surface area contributed by atoms with Crippen molar-refractivity contribution in [2.24, 2.45) is 0 Å². The standard InChI is InChI=1S/C9H18ClO5P/c1-4-14-16(13,15-5-2)9(12)6-8(11)7(3)10/h7,9,12H,4-6H2,1-3H3/t7?,9-/m0/s1. The highest BCUT2D eigenvalue weighted by atomic mass is 35.5. The number of carbonyl (C=O) groups is 1. The molecule has 0 saturated carbocycles. The molecule has 1 unspecified atom stereocenters. The monoisotopic (exact) mass is 272 g/mol. The zero-order valence-corrected chi connectivity index (χ0v) is 11.3. The summed E-state index contributed by atoms with van der Waals surface area (Å²) in [6, 6.07) is 0. The van der Waals surface area contributed by atoms with Crippen LogP contribution in [-0.2, 0) is 18.4 Å². The lowest BCUT2D eigenvalue weighted by Crippen LogP contribution is -2.21. The molecule has 1 N–H and O–H groups in total. The van der Waals surface area contributed by atoms with Gasteiger partial charge in [-0.05, 0) is 20.8 Å². The summed E-state index contributed by atoms with van der Waals surface area (Å²) in [6.45, 7) is 5.02. The van der Waals surface area contributed by atoms with E-state index in [4.69, 9.17) is 20.6 Å². The maximum atomic E-state index is 12.0. The van der Waals surface area contributed by atoms with Gasteiger partial charge in [0.05, 0.1) is 18.6 Å². The first-order valence-corrected chi connectivity index (χ1v) is 7.15. The molecular formula is C9H18ClO5P. The molecule has 0 saturated heterocycles. The van der Waals surface area contributed by atoms with Crippen LogP contribution >= 0.6 is 19.2 Å². The Morgan fingerprint density at radius 1 is 1.38 bits per heavy atom. The average molecular weight is 273 g/mol. The minimum atomic E-state index is -3.63. The van der Waals surface area contributed by atoms with Crippen molar-refractivity contribution in [1.82, 2.24) is 0 Å². The van der Waals surface area contributed by atoms with Crippen LogP contribution in [0.25, 0.3) is 0 Å². The largest absolute Gasteiger partial charge is 0.380 e. The van der Waals surface area contributed by atoms with Crippen molar-refractivity contribution in [3.05, 3.63) is 0 Å². The van der Waals surface area contributed by atoms with Crippen molar-refractivity contribution in [1.29, 1.82) is 0 Å². The quantitative estimate of drug-likeness (QED) is 0.541. The fraction of sp³-hybridized carbons (Fsp3) is 0.889. The molecule has 0 spiro atoms. The highest BCUT2D eigenvalue weighted by Crippen LogP contribution is 2.53. The van der Waals surface area contributed by atoms with E-state index in [9.17, 15) is 14.5 Å². The van der Waals surface area contributed by atoms with Crippen molar-refractivity contribution in [3.63, 3.8) is 0 Å². The third-order valence-corrected chi connectivity index (χ3v) is 4.20. The van der Waals surface area contributed by atoms with Gasteiger partial charge in [0.25, 0.3) is 0 Å². The Morgan fingerprint density at radius 3 is 2.12 bits per heavy atom. The van der Waals surface area contributed by atoms with Crippen LogP contribution in [0.1, 0.15) is 27.2 Å². The van der Waals surface area contributed by atoms with E-state index in [1.165, 1.54) is 6.92 Å². The molecule has 0 fully saturated rings. The Labute approximate surface area is 101 Å². The summed E-state index contributed by atoms with van der Waals surface area (Å²) in [6.07, 6.45) is -0.331. The highest BCUT2D eigenvalue weighted by molar-refractivity contribution is 7.54. The Bertz CT molecular complexity index is 259. The maximum absolute atomic E-state index is 12.0. The summed E-state index contributed by atoms with van der Waals surface area (Å²) in [5, 5.41) is 8.93. The van der Waals surface area contributed by atoms with Crippen LogP contribution in [-0.4, -0.2) is 35.3 Å². The van der Waals surface area contributed by atoms with Crippen LogP contribution in [0.4, 0.5) is 0 Å². The van der Waals surface area contributed by atoms with Crippen LogP contribution in [0.5, 0.6) is 0 Å². The van der Waals surface area contributed by atoms with Crippen molar-refractivity contribution in [2.75, 3.05) is 13.2 Å². The number of carbonyl (C=O) groups excluding carboxylic acids is 1. The number of hydrogen-bond acceptors (Lipinski definition) is 5. The lowest BCUT2D eigenvalue weighted by Gasteiger charge is -2.21. The van der Waals surface area contributed by atoms with Crippen LogP contribution in [0.2, 0.25) is 0 Å². The second kappa shape index (κ2) is 7.41. The molecule has 5 nitrogen and oxygen atoms in total. The zero-order chi connectivity index (χ0) is 12.8. The summed E-state index contributed by atoms with van der Waals surface area (Å²) in [5.41, 5.74) is 0. The molecule has 0 aliphatic heterocycles. The van der Waals surface area contributed by atoms with Crippen LogP contribution in [0.15, 0.2) is 0 Å². The van der Waals surface area contributed by atoms with Gasteiger partial charge in [-0.2, -0.15) is 0 Å². The fourth-order valence-corrected chi connectivity index (χ4v) is 2.65. The molecule has 0 aliphatic carbocycles.